The molecule has 1 amide bonds. The van der Waals surface area contributed by atoms with Gasteiger partial charge in [-0.1, -0.05) is 57.8 Å². The van der Waals surface area contributed by atoms with E-state index in [0.717, 1.165) is 51.6 Å². The Balaban J connectivity index is 3.20. The molecule has 0 atom stereocenters. The number of ketones is 1. The monoisotopic (exact) mass is 368 g/mol. The molecule has 0 bridgehead atoms. The van der Waals surface area contributed by atoms with Crippen LogP contribution < -0.4 is 10.6 Å². The Morgan fingerprint density at radius 3 is 1.50 bits per heavy atom. The SMILES string of the molecule is CCNC(=O)CCCCCCCCCCC(=O)CCCCCCCNC. The van der Waals surface area contributed by atoms with Gasteiger partial charge in [-0.25, -0.2) is 0 Å². The van der Waals surface area contributed by atoms with Crippen LogP contribution in [0.25, 0.3) is 0 Å². The number of nitrogens with one attached hydrogen (secondary N) is 2. The van der Waals surface area contributed by atoms with Gasteiger partial charge in [0.1, 0.15) is 5.78 Å². The highest BCUT2D eigenvalue weighted by molar-refractivity contribution is 5.78. The van der Waals surface area contributed by atoms with E-state index in [0.29, 0.717) is 12.2 Å². The van der Waals surface area contributed by atoms with Gasteiger partial charge in [-0.3, -0.25) is 9.59 Å². The molecule has 154 valence electrons. The predicted octanol–water partition coefficient (Wildman–Crippen LogP) is 5.15. The molecule has 0 aromatic carbocycles. The first-order chi connectivity index (χ1) is 12.7. The molecule has 26 heavy (non-hydrogen) atoms. The lowest BCUT2D eigenvalue weighted by Gasteiger charge is -2.04. The summed E-state index contributed by atoms with van der Waals surface area (Å²) in [6, 6.07) is 0. The number of carbonyl (C=O) groups excluding carboxylic acids is 2. The van der Waals surface area contributed by atoms with Crippen LogP contribution in [0.1, 0.15) is 110 Å². The minimum absolute atomic E-state index is 0.186. The summed E-state index contributed by atoms with van der Waals surface area (Å²) in [4.78, 5) is 23.1. The molecular formula is C22H44N2O2. The number of unbranched alkanes of at least 4 members (excludes halogenated alkanes) is 11. The van der Waals surface area contributed by atoms with Crippen molar-refractivity contribution in [2.45, 2.75) is 110 Å². The average Bonchev–Trinajstić information content (AvgIpc) is 2.62. The molecular weight excluding hydrogens is 324 g/mol. The van der Waals surface area contributed by atoms with Gasteiger partial charge in [-0.15, -0.1) is 0 Å². The van der Waals surface area contributed by atoms with Crippen LogP contribution in [0, 0.1) is 0 Å². The second-order valence-corrected chi connectivity index (χ2v) is 7.44. The van der Waals surface area contributed by atoms with Gasteiger partial charge < -0.3 is 10.6 Å². The predicted molar refractivity (Wildman–Crippen MR) is 111 cm³/mol. The third-order valence-electron chi connectivity index (χ3n) is 4.87. The zero-order chi connectivity index (χ0) is 19.3. The number of Topliss-reactive ketones (excluding diaryl/α,β-unsaturated/α-hetero) is 1. The Bertz CT molecular complexity index is 332. The van der Waals surface area contributed by atoms with Crippen LogP contribution in [0.15, 0.2) is 0 Å². The number of hydrogen-bond acceptors (Lipinski definition) is 3. The maximum Gasteiger partial charge on any atom is 0.219 e. The second kappa shape index (κ2) is 20.4. The highest BCUT2D eigenvalue weighted by Crippen LogP contribution is 2.12. The lowest BCUT2D eigenvalue weighted by molar-refractivity contribution is -0.121. The van der Waals surface area contributed by atoms with Crippen LogP contribution >= 0.6 is 0 Å². The van der Waals surface area contributed by atoms with Crippen molar-refractivity contribution in [3.05, 3.63) is 0 Å². The molecule has 0 spiro atoms. The number of carbonyl (C=O) groups is 2. The maximum absolute atomic E-state index is 11.8. The second-order valence-electron chi connectivity index (χ2n) is 7.44. The standard InChI is InChI=1S/C22H44N2O2/c1-3-24-22(26)19-15-11-7-5-4-6-9-13-17-21(25)18-14-10-8-12-16-20-23-2/h23H,3-20H2,1-2H3,(H,24,26). The molecule has 0 unspecified atom stereocenters. The number of rotatable bonds is 20. The van der Waals surface area contributed by atoms with Crippen molar-refractivity contribution in [3.63, 3.8) is 0 Å². The van der Waals surface area contributed by atoms with E-state index in [1.54, 1.807) is 0 Å². The highest BCUT2D eigenvalue weighted by atomic mass is 16.1. The minimum atomic E-state index is 0.186. The van der Waals surface area contributed by atoms with Crippen LogP contribution in [-0.4, -0.2) is 31.8 Å². The molecule has 0 saturated carbocycles. The van der Waals surface area contributed by atoms with E-state index in [1.807, 2.05) is 14.0 Å². The Morgan fingerprint density at radius 1 is 0.615 bits per heavy atom. The van der Waals surface area contributed by atoms with Crippen LogP contribution in [0.5, 0.6) is 0 Å². The Morgan fingerprint density at radius 2 is 1.04 bits per heavy atom. The van der Waals surface area contributed by atoms with Crippen molar-refractivity contribution < 1.29 is 9.59 Å². The van der Waals surface area contributed by atoms with E-state index in [9.17, 15) is 9.59 Å². The number of amides is 1. The summed E-state index contributed by atoms with van der Waals surface area (Å²) in [5, 5.41) is 6.00. The normalized spacial score (nSPS) is 10.8. The maximum atomic E-state index is 11.8. The van der Waals surface area contributed by atoms with Crippen LogP contribution in [0.4, 0.5) is 0 Å². The summed E-state index contributed by atoms with van der Waals surface area (Å²) >= 11 is 0. The van der Waals surface area contributed by atoms with Crippen LogP contribution in [-0.2, 0) is 9.59 Å². The zero-order valence-corrected chi connectivity index (χ0v) is 17.5. The molecule has 0 saturated heterocycles. The fourth-order valence-electron chi connectivity index (χ4n) is 3.23. The van der Waals surface area contributed by atoms with Crippen LogP contribution in [0.2, 0.25) is 0 Å². The van der Waals surface area contributed by atoms with Gasteiger partial charge >= 0.3 is 0 Å². The molecule has 0 heterocycles. The van der Waals surface area contributed by atoms with Gasteiger partial charge in [-0.05, 0) is 46.2 Å². The molecule has 0 aromatic heterocycles. The summed E-state index contributed by atoms with van der Waals surface area (Å²) in [5.74, 6) is 0.650. The van der Waals surface area contributed by atoms with Gasteiger partial charge in [0.15, 0.2) is 0 Å². The summed E-state index contributed by atoms with van der Waals surface area (Å²) in [7, 11) is 2.00. The molecule has 0 aliphatic rings. The summed E-state index contributed by atoms with van der Waals surface area (Å²) in [6.45, 7) is 3.80. The van der Waals surface area contributed by atoms with E-state index >= 15 is 0 Å². The molecule has 0 aromatic rings. The van der Waals surface area contributed by atoms with Gasteiger partial charge in [0.05, 0.1) is 0 Å². The first kappa shape index (κ1) is 25.1. The molecule has 0 rings (SSSR count). The summed E-state index contributed by atoms with van der Waals surface area (Å²) in [5.41, 5.74) is 0. The van der Waals surface area contributed by atoms with Crippen molar-refractivity contribution in [1.82, 2.24) is 10.6 Å². The fourth-order valence-corrected chi connectivity index (χ4v) is 3.23. The average molecular weight is 369 g/mol. The van der Waals surface area contributed by atoms with E-state index in [2.05, 4.69) is 10.6 Å². The molecule has 0 radical (unpaired) electrons. The smallest absolute Gasteiger partial charge is 0.219 e. The van der Waals surface area contributed by atoms with Gasteiger partial charge in [0.25, 0.3) is 0 Å². The van der Waals surface area contributed by atoms with Gasteiger partial charge in [0.2, 0.25) is 5.91 Å². The molecule has 2 N–H and O–H groups in total. The highest BCUT2D eigenvalue weighted by Gasteiger charge is 2.02. The Hall–Kier alpha value is -0.900. The van der Waals surface area contributed by atoms with Crippen molar-refractivity contribution in [2.24, 2.45) is 0 Å². The third-order valence-corrected chi connectivity index (χ3v) is 4.87. The molecule has 0 fully saturated rings. The van der Waals surface area contributed by atoms with E-state index in [4.69, 9.17) is 0 Å². The minimum Gasteiger partial charge on any atom is -0.356 e. The van der Waals surface area contributed by atoms with Crippen LogP contribution in [0.3, 0.4) is 0 Å². The van der Waals surface area contributed by atoms with Crippen molar-refractivity contribution in [2.75, 3.05) is 20.1 Å². The van der Waals surface area contributed by atoms with Crippen molar-refractivity contribution in [1.29, 1.82) is 0 Å². The van der Waals surface area contributed by atoms with Gasteiger partial charge in [-0.2, -0.15) is 0 Å². The van der Waals surface area contributed by atoms with Gasteiger partial charge in [0, 0.05) is 25.8 Å². The topological polar surface area (TPSA) is 58.2 Å². The van der Waals surface area contributed by atoms with Crippen molar-refractivity contribution in [3.8, 4) is 0 Å². The first-order valence-corrected chi connectivity index (χ1v) is 11.1. The zero-order valence-electron chi connectivity index (χ0n) is 17.5. The largest absolute Gasteiger partial charge is 0.356 e. The first-order valence-electron chi connectivity index (χ1n) is 11.1. The van der Waals surface area contributed by atoms with E-state index in [-0.39, 0.29) is 5.91 Å². The van der Waals surface area contributed by atoms with E-state index in [1.165, 1.54) is 57.8 Å². The molecule has 0 aliphatic carbocycles. The molecule has 0 aliphatic heterocycles. The quantitative estimate of drug-likeness (QED) is 0.292. The third kappa shape index (κ3) is 19.4. The van der Waals surface area contributed by atoms with Crippen molar-refractivity contribution >= 4 is 11.7 Å². The Labute approximate surface area is 162 Å². The number of hydrogen-bond donors (Lipinski definition) is 2. The Kier molecular flexibility index (Phi) is 19.7. The lowest BCUT2D eigenvalue weighted by atomic mass is 10.0. The summed E-state index contributed by atoms with van der Waals surface area (Å²) < 4.78 is 0. The molecule has 4 nitrogen and oxygen atoms in total. The lowest BCUT2D eigenvalue weighted by Crippen LogP contribution is -2.21. The fraction of sp³-hybridized carbons (Fsp3) is 0.909. The molecule has 4 heteroatoms. The van der Waals surface area contributed by atoms with E-state index < -0.39 is 0 Å². The summed E-state index contributed by atoms with van der Waals surface area (Å²) in [6.07, 6.45) is 17.7.